The molecule has 5 rings (SSSR count). The molecule has 0 N–H and O–H groups in total. The molecular formula is C24H26N6O. The van der Waals surface area contributed by atoms with Crippen molar-refractivity contribution >= 4 is 22.5 Å². The predicted octanol–water partition coefficient (Wildman–Crippen LogP) is 3.77. The number of fused-ring (bicyclic) bond motifs is 1. The van der Waals surface area contributed by atoms with Crippen LogP contribution in [0.25, 0.3) is 16.7 Å². The summed E-state index contributed by atoms with van der Waals surface area (Å²) in [5, 5.41) is 5.65. The number of aromatic nitrogens is 4. The smallest absolute Gasteiger partial charge is 0.168 e. The minimum atomic E-state index is 0.839. The van der Waals surface area contributed by atoms with Crippen LogP contribution in [0.15, 0.2) is 55.0 Å². The lowest BCUT2D eigenvalue weighted by atomic mass is 10.1. The molecule has 1 aliphatic heterocycles. The van der Waals surface area contributed by atoms with E-state index in [1.165, 1.54) is 11.1 Å². The number of rotatable bonds is 4. The van der Waals surface area contributed by atoms with E-state index in [0.717, 1.165) is 60.2 Å². The molecule has 31 heavy (non-hydrogen) atoms. The van der Waals surface area contributed by atoms with E-state index in [2.05, 4.69) is 69.0 Å². The average molecular weight is 415 g/mol. The van der Waals surface area contributed by atoms with Gasteiger partial charge in [0.25, 0.3) is 0 Å². The van der Waals surface area contributed by atoms with Gasteiger partial charge in [0.05, 0.1) is 30.1 Å². The molecule has 0 unspecified atom stereocenters. The maximum atomic E-state index is 5.54. The van der Waals surface area contributed by atoms with Gasteiger partial charge in [0.2, 0.25) is 0 Å². The third-order valence-electron chi connectivity index (χ3n) is 5.94. The van der Waals surface area contributed by atoms with E-state index in [0.29, 0.717) is 0 Å². The van der Waals surface area contributed by atoms with Crippen molar-refractivity contribution in [1.29, 1.82) is 0 Å². The van der Waals surface area contributed by atoms with E-state index in [1.54, 1.807) is 13.4 Å². The maximum absolute atomic E-state index is 5.54. The summed E-state index contributed by atoms with van der Waals surface area (Å²) in [5.41, 5.74) is 5.40. The Morgan fingerprint density at radius 1 is 0.871 bits per heavy atom. The summed E-state index contributed by atoms with van der Waals surface area (Å²) in [5.74, 6) is 1.86. The fraction of sp³-hybridized carbons (Fsp3) is 0.292. The van der Waals surface area contributed by atoms with E-state index >= 15 is 0 Å². The Hall–Kier alpha value is -3.61. The summed E-state index contributed by atoms with van der Waals surface area (Å²) >= 11 is 0. The Bertz CT molecular complexity index is 1230. The highest BCUT2D eigenvalue weighted by Gasteiger charge is 2.23. The summed E-state index contributed by atoms with van der Waals surface area (Å²) in [4.78, 5) is 13.9. The monoisotopic (exact) mass is 414 g/mol. The fourth-order valence-electron chi connectivity index (χ4n) is 4.26. The molecule has 1 saturated heterocycles. The van der Waals surface area contributed by atoms with Crippen molar-refractivity contribution in [3.63, 3.8) is 0 Å². The first kappa shape index (κ1) is 19.4. The minimum Gasteiger partial charge on any atom is -0.495 e. The van der Waals surface area contributed by atoms with Crippen molar-refractivity contribution in [2.45, 2.75) is 13.8 Å². The van der Waals surface area contributed by atoms with E-state index in [9.17, 15) is 0 Å². The van der Waals surface area contributed by atoms with Crippen molar-refractivity contribution in [1.82, 2.24) is 19.7 Å². The summed E-state index contributed by atoms with van der Waals surface area (Å²) < 4.78 is 7.47. The van der Waals surface area contributed by atoms with Gasteiger partial charge >= 0.3 is 0 Å². The second-order valence-corrected chi connectivity index (χ2v) is 7.93. The molecule has 0 radical (unpaired) electrons. The van der Waals surface area contributed by atoms with Crippen LogP contribution in [0.4, 0.5) is 11.5 Å². The SMILES string of the molecule is COc1ccccc1N1CCN(c2ncnc3c2cnn3-c2cc(C)ccc2C)CC1. The van der Waals surface area contributed by atoms with E-state index in [-0.39, 0.29) is 0 Å². The Morgan fingerprint density at radius 2 is 1.65 bits per heavy atom. The van der Waals surface area contributed by atoms with Gasteiger partial charge in [0.1, 0.15) is 17.9 Å². The lowest BCUT2D eigenvalue weighted by Crippen LogP contribution is -2.47. The number of anilines is 2. The second-order valence-electron chi connectivity index (χ2n) is 7.93. The normalized spacial score (nSPS) is 14.3. The minimum absolute atomic E-state index is 0.839. The standard InChI is InChI=1S/C24H26N6O/c1-17-8-9-18(2)21(14-17)30-24-19(15-27-30)23(25-16-26-24)29-12-10-28(11-13-29)20-6-4-5-7-22(20)31-3/h4-9,14-16H,10-13H2,1-3H3. The zero-order chi connectivity index (χ0) is 21.4. The van der Waals surface area contributed by atoms with Gasteiger partial charge in [-0.3, -0.25) is 0 Å². The van der Waals surface area contributed by atoms with Crippen molar-refractivity contribution < 1.29 is 4.74 Å². The maximum Gasteiger partial charge on any atom is 0.168 e. The molecule has 1 fully saturated rings. The lowest BCUT2D eigenvalue weighted by molar-refractivity contribution is 0.413. The second kappa shape index (κ2) is 7.91. The number of aryl methyl sites for hydroxylation is 2. The first-order valence-corrected chi connectivity index (χ1v) is 10.5. The van der Waals surface area contributed by atoms with Crippen LogP contribution < -0.4 is 14.5 Å². The molecule has 0 spiro atoms. The van der Waals surface area contributed by atoms with Crippen LogP contribution in [0.5, 0.6) is 5.75 Å². The molecule has 7 nitrogen and oxygen atoms in total. The highest BCUT2D eigenvalue weighted by atomic mass is 16.5. The van der Waals surface area contributed by atoms with Crippen LogP contribution in [0.3, 0.4) is 0 Å². The van der Waals surface area contributed by atoms with Gasteiger partial charge in [-0.1, -0.05) is 24.3 Å². The number of hydrogen-bond donors (Lipinski definition) is 0. The largest absolute Gasteiger partial charge is 0.495 e. The Labute approximate surface area is 181 Å². The average Bonchev–Trinajstić information content (AvgIpc) is 3.25. The third kappa shape index (κ3) is 3.46. The van der Waals surface area contributed by atoms with Gasteiger partial charge in [-0.05, 0) is 43.2 Å². The molecule has 158 valence electrons. The lowest BCUT2D eigenvalue weighted by Gasteiger charge is -2.37. The van der Waals surface area contributed by atoms with E-state index in [4.69, 9.17) is 4.74 Å². The van der Waals surface area contributed by atoms with Crippen LogP contribution >= 0.6 is 0 Å². The number of nitrogens with zero attached hydrogens (tertiary/aromatic N) is 6. The quantitative estimate of drug-likeness (QED) is 0.507. The van der Waals surface area contributed by atoms with Crippen LogP contribution in [-0.4, -0.2) is 53.0 Å². The van der Waals surface area contributed by atoms with Gasteiger partial charge in [0, 0.05) is 26.2 Å². The summed E-state index contributed by atoms with van der Waals surface area (Å²) in [6.07, 6.45) is 3.53. The van der Waals surface area contributed by atoms with Crippen molar-refractivity contribution in [2.75, 3.05) is 43.1 Å². The first-order valence-electron chi connectivity index (χ1n) is 10.5. The van der Waals surface area contributed by atoms with Crippen molar-refractivity contribution in [3.05, 3.63) is 66.1 Å². The fourth-order valence-corrected chi connectivity index (χ4v) is 4.26. The number of ether oxygens (including phenoxy) is 1. The van der Waals surface area contributed by atoms with Crippen LogP contribution in [0, 0.1) is 13.8 Å². The van der Waals surface area contributed by atoms with Gasteiger partial charge in [-0.2, -0.15) is 5.10 Å². The van der Waals surface area contributed by atoms with Gasteiger partial charge in [-0.25, -0.2) is 14.6 Å². The predicted molar refractivity (Wildman–Crippen MR) is 124 cm³/mol. The molecule has 0 amide bonds. The van der Waals surface area contributed by atoms with Crippen LogP contribution in [0.2, 0.25) is 0 Å². The molecule has 2 aromatic heterocycles. The molecule has 0 saturated carbocycles. The van der Waals surface area contributed by atoms with Crippen molar-refractivity contribution in [3.8, 4) is 11.4 Å². The number of piperazine rings is 1. The zero-order valence-electron chi connectivity index (χ0n) is 18.1. The zero-order valence-corrected chi connectivity index (χ0v) is 18.1. The van der Waals surface area contributed by atoms with Gasteiger partial charge < -0.3 is 14.5 Å². The van der Waals surface area contributed by atoms with E-state index in [1.807, 2.05) is 23.0 Å². The molecule has 2 aromatic carbocycles. The number of hydrogen-bond acceptors (Lipinski definition) is 6. The molecular weight excluding hydrogens is 388 g/mol. The number of methoxy groups -OCH3 is 1. The Kier molecular flexibility index (Phi) is 4.94. The van der Waals surface area contributed by atoms with Crippen LogP contribution in [0.1, 0.15) is 11.1 Å². The molecule has 4 aromatic rings. The molecule has 7 heteroatoms. The molecule has 1 aliphatic rings. The molecule has 0 atom stereocenters. The van der Waals surface area contributed by atoms with Gasteiger partial charge in [-0.15, -0.1) is 0 Å². The van der Waals surface area contributed by atoms with E-state index < -0.39 is 0 Å². The Morgan fingerprint density at radius 3 is 2.45 bits per heavy atom. The number of benzene rings is 2. The summed E-state index contributed by atoms with van der Waals surface area (Å²) in [7, 11) is 1.72. The Balaban J connectivity index is 1.43. The summed E-state index contributed by atoms with van der Waals surface area (Å²) in [6.45, 7) is 7.74. The highest BCUT2D eigenvalue weighted by Crippen LogP contribution is 2.31. The molecule has 3 heterocycles. The third-order valence-corrected chi connectivity index (χ3v) is 5.94. The van der Waals surface area contributed by atoms with Crippen molar-refractivity contribution in [2.24, 2.45) is 0 Å². The highest BCUT2D eigenvalue weighted by molar-refractivity contribution is 5.88. The first-order chi connectivity index (χ1) is 15.2. The topological polar surface area (TPSA) is 59.3 Å². The summed E-state index contributed by atoms with van der Waals surface area (Å²) in [6, 6.07) is 14.6. The molecule has 0 aliphatic carbocycles. The van der Waals surface area contributed by atoms with Crippen LogP contribution in [-0.2, 0) is 0 Å². The number of para-hydroxylation sites is 2. The van der Waals surface area contributed by atoms with Gasteiger partial charge in [0.15, 0.2) is 5.65 Å². The molecule has 0 bridgehead atoms.